The molecule has 2 fully saturated rings. The molecule has 0 bridgehead atoms. The summed E-state index contributed by atoms with van der Waals surface area (Å²) in [5, 5.41) is 2.66. The highest BCUT2D eigenvalue weighted by Crippen LogP contribution is 2.30. The lowest BCUT2D eigenvalue weighted by atomic mass is 9.92. The van der Waals surface area contributed by atoms with Crippen LogP contribution in [0.4, 0.5) is 4.79 Å². The summed E-state index contributed by atoms with van der Waals surface area (Å²) in [6.07, 6.45) is 1.12. The van der Waals surface area contributed by atoms with Gasteiger partial charge >= 0.3 is 6.03 Å². The molecule has 3 rings (SSSR count). The Morgan fingerprint density at radius 1 is 1.14 bits per heavy atom. The first-order chi connectivity index (χ1) is 13.6. The van der Waals surface area contributed by atoms with Crippen LogP contribution in [0.25, 0.3) is 0 Å². The Hall–Kier alpha value is -2.66. The van der Waals surface area contributed by atoms with Gasteiger partial charge in [0, 0.05) is 26.2 Å². The molecule has 0 aromatic heterocycles. The van der Waals surface area contributed by atoms with Gasteiger partial charge in [0.25, 0.3) is 5.91 Å². The molecule has 1 aromatic rings. The summed E-state index contributed by atoms with van der Waals surface area (Å²) in [5.41, 5.74) is -0.702. The second kappa shape index (κ2) is 7.64. The van der Waals surface area contributed by atoms with Crippen LogP contribution in [-0.4, -0.2) is 86.5 Å². The number of urea groups is 1. The molecule has 1 unspecified atom stereocenters. The zero-order valence-corrected chi connectivity index (χ0v) is 17.4. The number of nitrogens with one attached hydrogen (secondary N) is 1. The van der Waals surface area contributed by atoms with Gasteiger partial charge in [-0.15, -0.1) is 0 Å². The van der Waals surface area contributed by atoms with Crippen LogP contribution in [0.3, 0.4) is 0 Å². The number of nitrogens with zero attached hydrogens (tertiary/aromatic N) is 3. The number of sulfonamides is 1. The molecular formula is C18H24N4O6S. The molecule has 158 valence electrons. The lowest BCUT2D eigenvalue weighted by Crippen LogP contribution is -2.53. The second-order valence-corrected chi connectivity index (χ2v) is 9.20. The maximum atomic E-state index is 12.9. The summed E-state index contributed by atoms with van der Waals surface area (Å²) in [5.74, 6) is -0.300. The molecule has 0 radical (unpaired) electrons. The molecule has 0 saturated carbocycles. The molecule has 1 aromatic carbocycles. The van der Waals surface area contributed by atoms with Crippen molar-refractivity contribution in [2.24, 2.45) is 0 Å². The number of methoxy groups -OCH3 is 1. The standard InChI is InChI=1S/C18H24N4O6S/c1-18(13-4-6-14(28-2)7-5-13)16(24)22(17(25)19-18)12-15(23)20-8-10-21(11-9-20)29(3,26)27/h4-7H,8-12H2,1-3H3,(H,19,25). The Bertz CT molecular complexity index is 924. The van der Waals surface area contributed by atoms with Gasteiger partial charge < -0.3 is 15.0 Å². The number of ether oxygens (including phenoxy) is 1. The third-order valence-electron chi connectivity index (χ3n) is 5.30. The van der Waals surface area contributed by atoms with Crippen molar-refractivity contribution in [3.05, 3.63) is 29.8 Å². The van der Waals surface area contributed by atoms with E-state index in [-0.39, 0.29) is 26.2 Å². The predicted octanol–water partition coefficient (Wildman–Crippen LogP) is -0.434. The average Bonchev–Trinajstić information content (AvgIpc) is 2.91. The van der Waals surface area contributed by atoms with Gasteiger partial charge in [-0.25, -0.2) is 13.2 Å². The maximum absolute atomic E-state index is 12.9. The van der Waals surface area contributed by atoms with Crippen molar-refractivity contribution in [2.75, 3.05) is 46.1 Å². The van der Waals surface area contributed by atoms with Gasteiger partial charge in [0.2, 0.25) is 15.9 Å². The van der Waals surface area contributed by atoms with Crippen molar-refractivity contribution in [2.45, 2.75) is 12.5 Å². The zero-order chi connectivity index (χ0) is 21.4. The van der Waals surface area contributed by atoms with Crippen molar-refractivity contribution in [3.8, 4) is 5.75 Å². The van der Waals surface area contributed by atoms with Crippen molar-refractivity contribution >= 4 is 27.9 Å². The van der Waals surface area contributed by atoms with E-state index in [1.165, 1.54) is 16.3 Å². The summed E-state index contributed by atoms with van der Waals surface area (Å²) in [6, 6.07) is 6.11. The minimum atomic E-state index is -3.31. The van der Waals surface area contributed by atoms with Crippen LogP contribution in [-0.2, 0) is 25.2 Å². The largest absolute Gasteiger partial charge is 0.497 e. The van der Waals surface area contributed by atoms with Gasteiger partial charge in [0.1, 0.15) is 17.8 Å². The lowest BCUT2D eigenvalue weighted by Gasteiger charge is -2.33. The van der Waals surface area contributed by atoms with E-state index in [4.69, 9.17) is 4.74 Å². The van der Waals surface area contributed by atoms with Gasteiger partial charge in [0.05, 0.1) is 13.4 Å². The summed E-state index contributed by atoms with van der Waals surface area (Å²) in [7, 11) is -1.78. The van der Waals surface area contributed by atoms with E-state index in [1.54, 1.807) is 31.2 Å². The highest BCUT2D eigenvalue weighted by molar-refractivity contribution is 7.88. The topological polar surface area (TPSA) is 116 Å². The van der Waals surface area contributed by atoms with E-state index < -0.39 is 40.0 Å². The fourth-order valence-corrected chi connectivity index (χ4v) is 4.29. The number of rotatable bonds is 5. The number of imide groups is 1. The van der Waals surface area contributed by atoms with Crippen LogP contribution in [0, 0.1) is 0 Å². The summed E-state index contributed by atoms with van der Waals surface area (Å²) in [4.78, 5) is 40.3. The minimum absolute atomic E-state index is 0.189. The maximum Gasteiger partial charge on any atom is 0.325 e. The van der Waals surface area contributed by atoms with Crippen molar-refractivity contribution in [1.82, 2.24) is 19.4 Å². The molecule has 0 aliphatic carbocycles. The number of piperazine rings is 1. The van der Waals surface area contributed by atoms with E-state index in [9.17, 15) is 22.8 Å². The Kier molecular flexibility index (Phi) is 5.54. The van der Waals surface area contributed by atoms with E-state index in [0.29, 0.717) is 11.3 Å². The normalized spacial score (nSPS) is 23.3. The van der Waals surface area contributed by atoms with Crippen LogP contribution >= 0.6 is 0 Å². The molecule has 1 N–H and O–H groups in total. The SMILES string of the molecule is COc1ccc(C2(C)NC(=O)N(CC(=O)N3CCN(S(C)(=O)=O)CC3)C2=O)cc1. The Morgan fingerprint density at radius 3 is 2.24 bits per heavy atom. The van der Waals surface area contributed by atoms with Crippen LogP contribution in [0.5, 0.6) is 5.75 Å². The number of carbonyl (C=O) groups is 3. The molecule has 1 atom stereocenters. The number of hydrogen-bond acceptors (Lipinski definition) is 6. The lowest BCUT2D eigenvalue weighted by molar-refractivity contribution is -0.139. The third-order valence-corrected chi connectivity index (χ3v) is 6.60. The third kappa shape index (κ3) is 4.06. The smallest absolute Gasteiger partial charge is 0.325 e. The first-order valence-electron chi connectivity index (χ1n) is 9.08. The molecule has 29 heavy (non-hydrogen) atoms. The number of benzene rings is 1. The quantitative estimate of drug-likeness (QED) is 0.641. The van der Waals surface area contributed by atoms with E-state index in [0.717, 1.165) is 11.2 Å². The summed E-state index contributed by atoms with van der Waals surface area (Å²) < 4.78 is 29.6. The monoisotopic (exact) mass is 424 g/mol. The van der Waals surface area contributed by atoms with Gasteiger partial charge in [-0.3, -0.25) is 14.5 Å². The first-order valence-corrected chi connectivity index (χ1v) is 10.9. The molecule has 4 amide bonds. The van der Waals surface area contributed by atoms with Crippen LogP contribution < -0.4 is 10.1 Å². The minimum Gasteiger partial charge on any atom is -0.497 e. The van der Waals surface area contributed by atoms with Gasteiger partial charge in [-0.1, -0.05) is 12.1 Å². The highest BCUT2D eigenvalue weighted by atomic mass is 32.2. The molecule has 0 spiro atoms. The molecular weight excluding hydrogens is 400 g/mol. The molecule has 2 heterocycles. The summed E-state index contributed by atoms with van der Waals surface area (Å²) in [6.45, 7) is 2.00. The van der Waals surface area contributed by atoms with Crippen molar-refractivity contribution in [3.63, 3.8) is 0 Å². The average molecular weight is 424 g/mol. The zero-order valence-electron chi connectivity index (χ0n) is 16.5. The van der Waals surface area contributed by atoms with E-state index in [2.05, 4.69) is 5.32 Å². The summed E-state index contributed by atoms with van der Waals surface area (Å²) >= 11 is 0. The number of carbonyl (C=O) groups excluding carboxylic acids is 3. The van der Waals surface area contributed by atoms with Gasteiger partial charge in [0.15, 0.2) is 0 Å². The van der Waals surface area contributed by atoms with Crippen molar-refractivity contribution < 1.29 is 27.5 Å². The number of amides is 4. The second-order valence-electron chi connectivity index (χ2n) is 7.22. The van der Waals surface area contributed by atoms with Crippen LogP contribution in [0.15, 0.2) is 24.3 Å². The van der Waals surface area contributed by atoms with E-state index >= 15 is 0 Å². The van der Waals surface area contributed by atoms with E-state index in [1.807, 2.05) is 0 Å². The highest BCUT2D eigenvalue weighted by Gasteiger charge is 2.49. The fraction of sp³-hybridized carbons (Fsp3) is 0.500. The molecule has 2 saturated heterocycles. The van der Waals surface area contributed by atoms with Crippen molar-refractivity contribution in [1.29, 1.82) is 0 Å². The molecule has 10 nitrogen and oxygen atoms in total. The first kappa shape index (κ1) is 21.1. The predicted molar refractivity (Wildman–Crippen MR) is 104 cm³/mol. The molecule has 11 heteroatoms. The number of hydrogen-bond donors (Lipinski definition) is 1. The Balaban J connectivity index is 1.68. The Morgan fingerprint density at radius 2 is 1.72 bits per heavy atom. The van der Waals surface area contributed by atoms with Gasteiger partial charge in [-0.05, 0) is 24.6 Å². The molecule has 2 aliphatic heterocycles. The fourth-order valence-electron chi connectivity index (χ4n) is 3.46. The molecule has 2 aliphatic rings. The van der Waals surface area contributed by atoms with Gasteiger partial charge in [-0.2, -0.15) is 4.31 Å². The van der Waals surface area contributed by atoms with Crippen LogP contribution in [0.1, 0.15) is 12.5 Å². The van der Waals surface area contributed by atoms with Crippen LogP contribution in [0.2, 0.25) is 0 Å². The Labute approximate surface area is 169 Å².